The number of benzene rings is 2. The van der Waals surface area contributed by atoms with E-state index in [9.17, 15) is 9.18 Å². The molecular weight excluding hydrogens is 283 g/mol. The minimum Gasteiger partial charge on any atom is -0.492 e. The van der Waals surface area contributed by atoms with Gasteiger partial charge in [-0.05, 0) is 36.8 Å². The largest absolute Gasteiger partial charge is 0.492 e. The predicted molar refractivity (Wildman–Crippen MR) is 83.3 cm³/mol. The number of hydrogen-bond donors (Lipinski definition) is 2. The van der Waals surface area contributed by atoms with Crippen LogP contribution in [-0.4, -0.2) is 19.2 Å². The maximum absolute atomic E-state index is 12.7. The van der Waals surface area contributed by atoms with Gasteiger partial charge in [0.15, 0.2) is 0 Å². The Kier molecular flexibility index (Phi) is 5.77. The molecule has 22 heavy (non-hydrogen) atoms. The van der Waals surface area contributed by atoms with Crippen LogP contribution in [0.1, 0.15) is 11.1 Å². The zero-order chi connectivity index (χ0) is 15.8. The van der Waals surface area contributed by atoms with E-state index in [1.54, 1.807) is 12.1 Å². The molecule has 0 aliphatic rings. The standard InChI is InChI=1S/C17H19FN2O2/c1-13-2-4-14(5-3-13)12-20-17(21)19-10-11-22-16-8-6-15(18)7-9-16/h2-9H,10-12H2,1H3,(H2,19,20,21). The molecule has 0 saturated heterocycles. The van der Waals surface area contributed by atoms with Crippen LogP contribution in [0.25, 0.3) is 0 Å². The second-order valence-corrected chi connectivity index (χ2v) is 4.90. The molecule has 2 aromatic carbocycles. The van der Waals surface area contributed by atoms with Crippen LogP contribution >= 0.6 is 0 Å². The van der Waals surface area contributed by atoms with Crippen molar-refractivity contribution in [2.45, 2.75) is 13.5 Å². The van der Waals surface area contributed by atoms with E-state index in [1.165, 1.54) is 17.7 Å². The van der Waals surface area contributed by atoms with Crippen LogP contribution in [0.2, 0.25) is 0 Å². The summed E-state index contributed by atoms with van der Waals surface area (Å²) >= 11 is 0. The lowest BCUT2D eigenvalue weighted by Gasteiger charge is -2.09. The first-order valence-electron chi connectivity index (χ1n) is 7.09. The molecular formula is C17H19FN2O2. The molecule has 0 saturated carbocycles. The average Bonchev–Trinajstić information content (AvgIpc) is 2.53. The SMILES string of the molecule is Cc1ccc(CNC(=O)NCCOc2ccc(F)cc2)cc1. The summed E-state index contributed by atoms with van der Waals surface area (Å²) in [6.07, 6.45) is 0. The van der Waals surface area contributed by atoms with Crippen molar-refractivity contribution in [3.8, 4) is 5.75 Å². The van der Waals surface area contributed by atoms with Gasteiger partial charge in [-0.3, -0.25) is 0 Å². The first-order valence-corrected chi connectivity index (χ1v) is 7.09. The third-order valence-electron chi connectivity index (χ3n) is 3.04. The van der Waals surface area contributed by atoms with Gasteiger partial charge in [-0.1, -0.05) is 29.8 Å². The van der Waals surface area contributed by atoms with Gasteiger partial charge in [-0.15, -0.1) is 0 Å². The second-order valence-electron chi connectivity index (χ2n) is 4.90. The van der Waals surface area contributed by atoms with Gasteiger partial charge in [-0.2, -0.15) is 0 Å². The Morgan fingerprint density at radius 1 is 1.05 bits per heavy atom. The van der Waals surface area contributed by atoms with Crippen LogP contribution in [0.5, 0.6) is 5.75 Å². The van der Waals surface area contributed by atoms with E-state index in [0.29, 0.717) is 25.4 Å². The fourth-order valence-electron chi connectivity index (χ4n) is 1.82. The number of rotatable bonds is 6. The Balaban J connectivity index is 1.61. The molecule has 0 radical (unpaired) electrons. The van der Waals surface area contributed by atoms with Gasteiger partial charge >= 0.3 is 6.03 Å². The highest BCUT2D eigenvalue weighted by Gasteiger charge is 2.00. The predicted octanol–water partition coefficient (Wildman–Crippen LogP) is 3.01. The molecule has 0 atom stereocenters. The van der Waals surface area contributed by atoms with E-state index < -0.39 is 0 Å². The Hall–Kier alpha value is -2.56. The van der Waals surface area contributed by atoms with Crippen molar-refractivity contribution in [3.63, 3.8) is 0 Å². The number of urea groups is 1. The monoisotopic (exact) mass is 302 g/mol. The molecule has 116 valence electrons. The molecule has 5 heteroatoms. The van der Waals surface area contributed by atoms with Gasteiger partial charge in [0.1, 0.15) is 18.2 Å². The summed E-state index contributed by atoms with van der Waals surface area (Å²) in [6.45, 7) is 3.19. The number of amides is 2. The van der Waals surface area contributed by atoms with Gasteiger partial charge in [-0.25, -0.2) is 9.18 Å². The van der Waals surface area contributed by atoms with Crippen molar-refractivity contribution in [1.82, 2.24) is 10.6 Å². The molecule has 0 heterocycles. The first kappa shape index (κ1) is 15.8. The van der Waals surface area contributed by atoms with Crippen LogP contribution in [0.4, 0.5) is 9.18 Å². The Labute approximate surface area is 129 Å². The fourth-order valence-corrected chi connectivity index (χ4v) is 1.82. The van der Waals surface area contributed by atoms with Crippen LogP contribution in [-0.2, 0) is 6.54 Å². The number of ether oxygens (including phenoxy) is 1. The topological polar surface area (TPSA) is 50.4 Å². The molecule has 0 aromatic heterocycles. The Morgan fingerprint density at radius 3 is 2.41 bits per heavy atom. The highest BCUT2D eigenvalue weighted by Crippen LogP contribution is 2.10. The molecule has 0 aliphatic heterocycles. The minimum absolute atomic E-state index is 0.247. The summed E-state index contributed by atoms with van der Waals surface area (Å²) in [6, 6.07) is 13.5. The summed E-state index contributed by atoms with van der Waals surface area (Å²) in [4.78, 5) is 11.6. The third-order valence-corrected chi connectivity index (χ3v) is 3.04. The quantitative estimate of drug-likeness (QED) is 0.806. The number of carbonyl (C=O) groups excluding carboxylic acids is 1. The summed E-state index contributed by atoms with van der Waals surface area (Å²) in [7, 11) is 0. The lowest BCUT2D eigenvalue weighted by atomic mass is 10.1. The highest BCUT2D eigenvalue weighted by molar-refractivity contribution is 5.73. The molecule has 0 spiro atoms. The van der Waals surface area contributed by atoms with E-state index in [-0.39, 0.29) is 11.8 Å². The van der Waals surface area contributed by atoms with Crippen LogP contribution in [0.15, 0.2) is 48.5 Å². The minimum atomic E-state index is -0.305. The normalized spacial score (nSPS) is 10.1. The zero-order valence-corrected chi connectivity index (χ0v) is 12.4. The zero-order valence-electron chi connectivity index (χ0n) is 12.4. The Bertz CT molecular complexity index is 597. The maximum Gasteiger partial charge on any atom is 0.315 e. The number of nitrogens with one attached hydrogen (secondary N) is 2. The van der Waals surface area contributed by atoms with E-state index in [4.69, 9.17) is 4.74 Å². The van der Waals surface area contributed by atoms with E-state index in [2.05, 4.69) is 10.6 Å². The highest BCUT2D eigenvalue weighted by atomic mass is 19.1. The molecule has 2 aromatic rings. The average molecular weight is 302 g/mol. The van der Waals surface area contributed by atoms with Crippen LogP contribution < -0.4 is 15.4 Å². The number of hydrogen-bond acceptors (Lipinski definition) is 2. The van der Waals surface area contributed by atoms with Gasteiger partial charge in [0, 0.05) is 6.54 Å². The van der Waals surface area contributed by atoms with Gasteiger partial charge in [0.05, 0.1) is 6.54 Å². The van der Waals surface area contributed by atoms with Gasteiger partial charge in [0.2, 0.25) is 0 Å². The van der Waals surface area contributed by atoms with Crippen molar-refractivity contribution in [1.29, 1.82) is 0 Å². The van der Waals surface area contributed by atoms with Crippen molar-refractivity contribution >= 4 is 6.03 Å². The van der Waals surface area contributed by atoms with Crippen molar-refractivity contribution in [3.05, 3.63) is 65.5 Å². The number of halogens is 1. The van der Waals surface area contributed by atoms with Crippen LogP contribution in [0.3, 0.4) is 0 Å². The lowest BCUT2D eigenvalue weighted by molar-refractivity contribution is 0.236. The van der Waals surface area contributed by atoms with E-state index in [0.717, 1.165) is 5.56 Å². The summed E-state index contributed by atoms with van der Waals surface area (Å²) in [5.41, 5.74) is 2.23. The van der Waals surface area contributed by atoms with Gasteiger partial charge < -0.3 is 15.4 Å². The Morgan fingerprint density at radius 2 is 1.73 bits per heavy atom. The summed E-state index contributed by atoms with van der Waals surface area (Å²) in [5, 5.41) is 5.47. The van der Waals surface area contributed by atoms with Crippen molar-refractivity contribution in [2.75, 3.05) is 13.2 Å². The molecule has 0 aliphatic carbocycles. The van der Waals surface area contributed by atoms with Crippen molar-refractivity contribution in [2.24, 2.45) is 0 Å². The van der Waals surface area contributed by atoms with Crippen molar-refractivity contribution < 1.29 is 13.9 Å². The first-order chi connectivity index (χ1) is 10.6. The summed E-state index contributed by atoms with van der Waals surface area (Å²) < 4.78 is 18.1. The lowest BCUT2D eigenvalue weighted by Crippen LogP contribution is -2.37. The van der Waals surface area contributed by atoms with Crippen LogP contribution in [0, 0.1) is 12.7 Å². The van der Waals surface area contributed by atoms with E-state index in [1.807, 2.05) is 31.2 Å². The molecule has 2 amide bonds. The maximum atomic E-state index is 12.7. The molecule has 0 unspecified atom stereocenters. The third kappa shape index (κ3) is 5.44. The smallest absolute Gasteiger partial charge is 0.315 e. The molecule has 2 N–H and O–H groups in total. The van der Waals surface area contributed by atoms with E-state index >= 15 is 0 Å². The second kappa shape index (κ2) is 8.02. The molecule has 0 bridgehead atoms. The fraction of sp³-hybridized carbons (Fsp3) is 0.235. The molecule has 2 rings (SSSR count). The number of aryl methyl sites for hydroxylation is 1. The molecule has 4 nitrogen and oxygen atoms in total. The number of carbonyl (C=O) groups is 1. The molecule has 0 fully saturated rings. The van der Waals surface area contributed by atoms with Gasteiger partial charge in [0.25, 0.3) is 0 Å². The summed E-state index contributed by atoms with van der Waals surface area (Å²) in [5.74, 6) is 0.268.